The lowest BCUT2D eigenvalue weighted by Gasteiger charge is -2.43. The first kappa shape index (κ1) is 39.3. The minimum absolute atomic E-state index is 0.0229. The summed E-state index contributed by atoms with van der Waals surface area (Å²) in [5.41, 5.74) is 5.93. The standard InChI is InChI=1S/C38H62N6O7/c1-10-22-16-38(22,30(47)31(39)48)41-32(49)28-27-23(36(27,7)8)19-44(28)33(50)29(37(9)14-12-11-13-15-37)40-21-51-42-24(34(2,3)4)20-43-25(45)17-35(5,6)18-26(43)46/h22-24,27-29,40,42H,10-21H2,1-9H3,(H2,39,48)(H,41,49)/t22-,23+,24-,27+,28+,29-,38+/m1/s1. The van der Waals surface area contributed by atoms with Gasteiger partial charge < -0.3 is 16.0 Å². The molecule has 0 radical (unpaired) electrons. The second-order valence-corrected chi connectivity index (χ2v) is 18.9. The fourth-order valence-corrected chi connectivity index (χ4v) is 9.44. The van der Waals surface area contributed by atoms with Crippen molar-refractivity contribution in [2.24, 2.45) is 45.1 Å². The van der Waals surface area contributed by atoms with Gasteiger partial charge in [0.1, 0.15) is 18.3 Å². The summed E-state index contributed by atoms with van der Waals surface area (Å²) in [6, 6.07) is -1.81. The molecular formula is C38H62N6O7. The number of nitrogens with zero attached hydrogens (tertiary/aromatic N) is 2. The molecule has 7 atom stereocenters. The Hall–Kier alpha value is -2.90. The quantitative estimate of drug-likeness (QED) is 0.0692. The van der Waals surface area contributed by atoms with Crippen LogP contribution in [-0.2, 0) is 33.6 Å². The number of likely N-dealkylation sites (tertiary alicyclic amines) is 2. The van der Waals surface area contributed by atoms with E-state index in [2.05, 4.69) is 36.9 Å². The summed E-state index contributed by atoms with van der Waals surface area (Å²) in [5, 5.41) is 6.33. The first-order chi connectivity index (χ1) is 23.6. The number of amides is 5. The first-order valence-electron chi connectivity index (χ1n) is 19.0. The van der Waals surface area contributed by atoms with Crippen molar-refractivity contribution in [3.63, 3.8) is 0 Å². The number of rotatable bonds is 14. The molecule has 3 aliphatic carbocycles. The van der Waals surface area contributed by atoms with Gasteiger partial charge in [0, 0.05) is 25.9 Å². The van der Waals surface area contributed by atoms with E-state index in [-0.39, 0.29) is 71.0 Å². The number of nitrogens with one attached hydrogen (secondary N) is 3. The van der Waals surface area contributed by atoms with Crippen LogP contribution >= 0.6 is 0 Å². The van der Waals surface area contributed by atoms with Crippen LogP contribution in [0.2, 0.25) is 0 Å². The smallest absolute Gasteiger partial charge is 0.287 e. The number of fused-ring (bicyclic) bond motifs is 1. The van der Waals surface area contributed by atoms with E-state index >= 15 is 0 Å². The van der Waals surface area contributed by atoms with E-state index in [1.807, 2.05) is 41.5 Å². The number of ketones is 1. The Morgan fingerprint density at radius 3 is 2.12 bits per heavy atom. The minimum Gasteiger partial charge on any atom is -0.363 e. The lowest BCUT2D eigenvalue weighted by atomic mass is 9.70. The molecule has 5 fully saturated rings. The van der Waals surface area contributed by atoms with Crippen LogP contribution in [0.25, 0.3) is 0 Å². The van der Waals surface area contributed by atoms with Crippen LogP contribution < -0.4 is 21.8 Å². The number of Topliss-reactive ketones (excluding diaryl/α,β-unsaturated/α-hetero) is 1. The molecule has 3 saturated carbocycles. The molecule has 0 spiro atoms. The Morgan fingerprint density at radius 2 is 1.59 bits per heavy atom. The molecule has 0 aromatic heterocycles. The van der Waals surface area contributed by atoms with Gasteiger partial charge in [-0.1, -0.05) is 88.0 Å². The van der Waals surface area contributed by atoms with E-state index in [9.17, 15) is 28.8 Å². The molecule has 0 aromatic carbocycles. The number of primary amides is 1. The van der Waals surface area contributed by atoms with Crippen LogP contribution in [0.3, 0.4) is 0 Å². The second-order valence-electron chi connectivity index (χ2n) is 18.9. The van der Waals surface area contributed by atoms with Crippen molar-refractivity contribution < 1.29 is 33.6 Å². The molecule has 2 saturated heterocycles. The largest absolute Gasteiger partial charge is 0.363 e. The highest BCUT2D eigenvalue weighted by Crippen LogP contribution is 2.65. The zero-order valence-corrected chi connectivity index (χ0v) is 32.3. The average Bonchev–Trinajstić information content (AvgIpc) is 3.77. The number of imide groups is 1. The molecular weight excluding hydrogens is 652 g/mol. The van der Waals surface area contributed by atoms with Gasteiger partial charge >= 0.3 is 0 Å². The van der Waals surface area contributed by atoms with Gasteiger partial charge in [-0.15, -0.1) is 0 Å². The van der Waals surface area contributed by atoms with Crippen LogP contribution in [-0.4, -0.2) is 88.6 Å². The number of nitrogens with two attached hydrogens (primary N) is 1. The summed E-state index contributed by atoms with van der Waals surface area (Å²) < 4.78 is 0. The SMILES string of the molecule is CC[C@@H]1C[C@@]1(NC(=O)[C@@H]1[C@@H]2[C@H](CN1C(=O)[C@@H](NCON[C@H](CN1C(=O)CC(C)(C)CC1=O)C(C)(C)C)C1(C)CCCCC1)C2(C)C)C(=O)C(N)=O. The molecule has 0 bridgehead atoms. The summed E-state index contributed by atoms with van der Waals surface area (Å²) >= 11 is 0. The van der Waals surface area contributed by atoms with Gasteiger partial charge in [-0.3, -0.25) is 43.8 Å². The Morgan fingerprint density at radius 1 is 0.980 bits per heavy atom. The fourth-order valence-electron chi connectivity index (χ4n) is 9.44. The van der Waals surface area contributed by atoms with Gasteiger partial charge in [0.25, 0.3) is 5.91 Å². The summed E-state index contributed by atoms with van der Waals surface area (Å²) in [4.78, 5) is 88.7. The van der Waals surface area contributed by atoms with Crippen molar-refractivity contribution in [3.8, 4) is 0 Å². The highest BCUT2D eigenvalue weighted by molar-refractivity contribution is 6.40. The van der Waals surface area contributed by atoms with E-state index in [0.29, 0.717) is 32.2 Å². The molecule has 13 heteroatoms. The number of hydrogen-bond acceptors (Lipinski definition) is 9. The van der Waals surface area contributed by atoms with E-state index in [1.54, 1.807) is 4.90 Å². The second kappa shape index (κ2) is 13.8. The summed E-state index contributed by atoms with van der Waals surface area (Å²) in [6.07, 6.45) is 6.31. The van der Waals surface area contributed by atoms with Crippen molar-refractivity contribution in [1.82, 2.24) is 25.9 Å². The maximum atomic E-state index is 14.7. The number of piperidine rings is 2. The third kappa shape index (κ3) is 7.62. The monoisotopic (exact) mass is 714 g/mol. The maximum Gasteiger partial charge on any atom is 0.287 e. The van der Waals surface area contributed by atoms with Crippen molar-refractivity contribution >= 4 is 35.3 Å². The molecule has 13 nitrogen and oxygen atoms in total. The molecule has 5 aliphatic rings. The number of hydroxylamine groups is 1. The van der Waals surface area contributed by atoms with Crippen LogP contribution in [0.5, 0.6) is 0 Å². The normalized spacial score (nSPS) is 31.8. The lowest BCUT2D eigenvalue weighted by Crippen LogP contribution is -2.62. The van der Waals surface area contributed by atoms with Crippen LogP contribution in [0, 0.1) is 39.4 Å². The third-order valence-corrected chi connectivity index (χ3v) is 13.1. The number of carbonyl (C=O) groups excluding carboxylic acids is 6. The highest BCUT2D eigenvalue weighted by atomic mass is 16.7. The van der Waals surface area contributed by atoms with Gasteiger partial charge in [0.2, 0.25) is 29.4 Å². The average molecular weight is 715 g/mol. The number of hydrogen-bond donors (Lipinski definition) is 4. The van der Waals surface area contributed by atoms with Crippen LogP contribution in [0.4, 0.5) is 0 Å². The minimum atomic E-state index is -1.31. The fraction of sp³-hybridized carbons (Fsp3) is 0.842. The van der Waals surface area contributed by atoms with E-state index < -0.39 is 40.6 Å². The zero-order chi connectivity index (χ0) is 37.9. The van der Waals surface area contributed by atoms with E-state index in [4.69, 9.17) is 10.6 Å². The highest BCUT2D eigenvalue weighted by Gasteiger charge is 2.71. The number of carbonyl (C=O) groups is 6. The summed E-state index contributed by atoms with van der Waals surface area (Å²) in [5.74, 6) is -2.92. The van der Waals surface area contributed by atoms with Crippen molar-refractivity contribution in [3.05, 3.63) is 0 Å². The molecule has 5 amide bonds. The molecule has 5 rings (SSSR count). The topological polar surface area (TPSA) is 180 Å². The van der Waals surface area contributed by atoms with Crippen molar-refractivity contribution in [1.29, 1.82) is 0 Å². The molecule has 5 N–H and O–H groups in total. The van der Waals surface area contributed by atoms with Gasteiger partial charge in [-0.2, -0.15) is 5.48 Å². The lowest BCUT2D eigenvalue weighted by molar-refractivity contribution is -0.155. The first-order valence-corrected chi connectivity index (χ1v) is 19.0. The van der Waals surface area contributed by atoms with Crippen LogP contribution in [0.15, 0.2) is 0 Å². The van der Waals surface area contributed by atoms with Crippen molar-refractivity contribution in [2.75, 3.05) is 19.8 Å². The summed E-state index contributed by atoms with van der Waals surface area (Å²) in [6.45, 7) is 18.7. The van der Waals surface area contributed by atoms with Crippen molar-refractivity contribution in [2.45, 2.75) is 144 Å². The molecule has 286 valence electrons. The predicted octanol–water partition coefficient (Wildman–Crippen LogP) is 2.81. The van der Waals surface area contributed by atoms with E-state index in [0.717, 1.165) is 32.1 Å². The van der Waals surface area contributed by atoms with Gasteiger partial charge in [0.05, 0.1) is 12.1 Å². The zero-order valence-electron chi connectivity index (χ0n) is 32.3. The molecule has 2 aliphatic heterocycles. The Bertz CT molecular complexity index is 1410. The molecule has 51 heavy (non-hydrogen) atoms. The third-order valence-electron chi connectivity index (χ3n) is 13.1. The Labute approximate surface area is 303 Å². The van der Waals surface area contributed by atoms with Gasteiger partial charge in [-0.05, 0) is 58.7 Å². The predicted molar refractivity (Wildman–Crippen MR) is 190 cm³/mol. The van der Waals surface area contributed by atoms with Gasteiger partial charge in [-0.25, -0.2) is 0 Å². The Balaban J connectivity index is 1.31. The van der Waals surface area contributed by atoms with Crippen LogP contribution in [0.1, 0.15) is 120 Å². The molecule has 2 heterocycles. The van der Waals surface area contributed by atoms with Gasteiger partial charge in [0.15, 0.2) is 0 Å². The molecule has 0 unspecified atom stereocenters. The molecule has 0 aromatic rings. The maximum absolute atomic E-state index is 14.7. The Kier molecular flexibility index (Phi) is 10.7. The van der Waals surface area contributed by atoms with E-state index in [1.165, 1.54) is 4.90 Å². The summed E-state index contributed by atoms with van der Waals surface area (Å²) in [7, 11) is 0.